The maximum atomic E-state index is 12.2. The van der Waals surface area contributed by atoms with Crippen molar-refractivity contribution in [3.05, 3.63) is 46.6 Å². The smallest absolute Gasteiger partial charge is 0.159 e. The highest BCUT2D eigenvalue weighted by molar-refractivity contribution is 5.91. The van der Waals surface area contributed by atoms with E-state index in [0.717, 1.165) is 46.6 Å². The molecule has 0 saturated heterocycles. The molecule has 0 saturated carbocycles. The molecule has 1 aromatic rings. The molecule has 0 bridgehead atoms. The molecule has 0 N–H and O–H groups in total. The van der Waals surface area contributed by atoms with Crippen molar-refractivity contribution in [3.8, 4) is 11.5 Å². The molecule has 0 fully saturated rings. The van der Waals surface area contributed by atoms with E-state index in [4.69, 9.17) is 9.47 Å². The molecule has 0 aliphatic rings. The first kappa shape index (κ1) is 22.7. The summed E-state index contributed by atoms with van der Waals surface area (Å²) in [5.74, 6) is 1.92. The zero-order valence-corrected chi connectivity index (χ0v) is 17.5. The highest BCUT2D eigenvalue weighted by Crippen LogP contribution is 2.31. The van der Waals surface area contributed by atoms with Crippen LogP contribution in [0.2, 0.25) is 0 Å². The molecule has 1 aromatic carbocycles. The van der Waals surface area contributed by atoms with Gasteiger partial charge in [-0.2, -0.15) is 0 Å². The number of hydrogen-bond acceptors (Lipinski definition) is 4. The topological polar surface area (TPSA) is 52.6 Å². The Morgan fingerprint density at radius 1 is 1.00 bits per heavy atom. The maximum Gasteiger partial charge on any atom is 0.159 e. The van der Waals surface area contributed by atoms with Crippen LogP contribution in [0.4, 0.5) is 0 Å². The van der Waals surface area contributed by atoms with Gasteiger partial charge in [-0.25, -0.2) is 0 Å². The Bertz CT molecular complexity index is 726. The monoisotopic (exact) mass is 372 g/mol. The predicted molar refractivity (Wildman–Crippen MR) is 110 cm³/mol. The van der Waals surface area contributed by atoms with Gasteiger partial charge in [-0.3, -0.25) is 4.79 Å². The van der Waals surface area contributed by atoms with Crippen LogP contribution in [0, 0.1) is 6.92 Å². The molecule has 0 unspecified atom stereocenters. The predicted octanol–water partition coefficient (Wildman–Crippen LogP) is 5.17. The summed E-state index contributed by atoms with van der Waals surface area (Å²) >= 11 is 0. The third-order valence-corrected chi connectivity index (χ3v) is 4.49. The van der Waals surface area contributed by atoms with Crippen LogP contribution in [0.3, 0.4) is 0 Å². The minimum absolute atomic E-state index is 0.0990. The fraction of sp³-hybridized carbons (Fsp3) is 0.478. The normalized spacial score (nSPS) is 12.1. The lowest BCUT2D eigenvalue weighted by molar-refractivity contribution is -0.117. The second kappa shape index (κ2) is 11.4. The van der Waals surface area contributed by atoms with E-state index in [-0.39, 0.29) is 11.6 Å². The molecular weight excluding hydrogens is 340 g/mol. The van der Waals surface area contributed by atoms with Crippen LogP contribution < -0.4 is 9.47 Å². The number of carbonyl (C=O) groups excluding carboxylic acids is 2. The van der Waals surface area contributed by atoms with Crippen LogP contribution in [-0.2, 0) is 16.0 Å². The van der Waals surface area contributed by atoms with Crippen LogP contribution in [0.15, 0.2) is 35.4 Å². The molecule has 4 nitrogen and oxygen atoms in total. The van der Waals surface area contributed by atoms with Crippen molar-refractivity contribution in [1.29, 1.82) is 0 Å². The summed E-state index contributed by atoms with van der Waals surface area (Å²) in [6.07, 6.45) is 7.04. The molecule has 148 valence electrons. The Morgan fingerprint density at radius 3 is 2.30 bits per heavy atom. The summed E-state index contributed by atoms with van der Waals surface area (Å²) < 4.78 is 10.9. The Labute approximate surface area is 163 Å². The summed E-state index contributed by atoms with van der Waals surface area (Å²) in [5.41, 5.74) is 4.10. The number of methoxy groups -OCH3 is 2. The first-order valence-corrected chi connectivity index (χ1v) is 9.34. The summed E-state index contributed by atoms with van der Waals surface area (Å²) in [6, 6.07) is 3.93. The van der Waals surface area contributed by atoms with E-state index in [9.17, 15) is 9.59 Å². The van der Waals surface area contributed by atoms with Gasteiger partial charge in [0.1, 0.15) is 17.3 Å². The number of Topliss-reactive ketones (excluding diaryl/α,β-unsaturated/α-hetero) is 1. The van der Waals surface area contributed by atoms with Crippen LogP contribution >= 0.6 is 0 Å². The van der Waals surface area contributed by atoms with Gasteiger partial charge in [0.2, 0.25) is 0 Å². The van der Waals surface area contributed by atoms with Crippen LogP contribution in [0.25, 0.3) is 0 Å². The number of rotatable bonds is 11. The Morgan fingerprint density at radius 2 is 1.70 bits per heavy atom. The number of ketones is 2. The van der Waals surface area contributed by atoms with E-state index in [1.54, 1.807) is 27.2 Å². The molecule has 0 amide bonds. The van der Waals surface area contributed by atoms with Crippen LogP contribution in [0.5, 0.6) is 11.5 Å². The van der Waals surface area contributed by atoms with Crippen molar-refractivity contribution in [2.75, 3.05) is 14.2 Å². The lowest BCUT2D eigenvalue weighted by atomic mass is 10.0. The van der Waals surface area contributed by atoms with Crippen molar-refractivity contribution in [2.24, 2.45) is 0 Å². The summed E-state index contributed by atoms with van der Waals surface area (Å²) in [4.78, 5) is 23.2. The number of ether oxygens (including phenoxy) is 2. The molecule has 0 spiro atoms. The van der Waals surface area contributed by atoms with Crippen LogP contribution in [0.1, 0.15) is 57.6 Å². The van der Waals surface area contributed by atoms with Gasteiger partial charge in [0.15, 0.2) is 5.78 Å². The first-order chi connectivity index (χ1) is 12.8. The quantitative estimate of drug-likeness (QED) is 0.397. The van der Waals surface area contributed by atoms with E-state index >= 15 is 0 Å². The maximum absolute atomic E-state index is 12.2. The Balaban J connectivity index is 2.68. The van der Waals surface area contributed by atoms with Crippen molar-refractivity contribution in [1.82, 2.24) is 0 Å². The summed E-state index contributed by atoms with van der Waals surface area (Å²) in [7, 11) is 3.30. The molecule has 0 atom stereocenters. The molecule has 4 heteroatoms. The van der Waals surface area contributed by atoms with Crippen molar-refractivity contribution in [2.45, 2.75) is 59.8 Å². The van der Waals surface area contributed by atoms with Gasteiger partial charge in [-0.05, 0) is 64.7 Å². The highest BCUT2D eigenvalue weighted by Gasteiger charge is 2.10. The third kappa shape index (κ3) is 7.81. The van der Waals surface area contributed by atoms with E-state index in [1.165, 1.54) is 0 Å². The fourth-order valence-electron chi connectivity index (χ4n) is 3.04. The molecule has 0 aromatic heterocycles. The molecule has 0 radical (unpaired) electrons. The number of hydrogen-bond donors (Lipinski definition) is 0. The molecule has 0 heterocycles. The molecular formula is C23H32O4. The molecule has 27 heavy (non-hydrogen) atoms. The third-order valence-electron chi connectivity index (χ3n) is 4.49. The van der Waals surface area contributed by atoms with Crippen LogP contribution in [-0.4, -0.2) is 25.8 Å². The standard InChI is InChI=1S/C23H32O4/c1-16(8-7-9-18(3)24)14-21(25)15-17(2)10-11-20-12-13-22(26-5)19(4)23(20)27-6/h10,12-14H,7-9,11,15H2,1-6H3/b16-14+,17-10+. The van der Waals surface area contributed by atoms with Gasteiger partial charge >= 0.3 is 0 Å². The number of benzene rings is 1. The van der Waals surface area contributed by atoms with Gasteiger partial charge < -0.3 is 14.3 Å². The second-order valence-corrected chi connectivity index (χ2v) is 7.03. The van der Waals surface area contributed by atoms with E-state index in [2.05, 4.69) is 6.08 Å². The Kier molecular flexibility index (Phi) is 9.55. The highest BCUT2D eigenvalue weighted by atomic mass is 16.5. The number of allylic oxidation sites excluding steroid dienone is 4. The SMILES string of the molecule is COc1ccc(C/C=C(\C)CC(=O)/C=C(\C)CCCC(C)=O)c(OC)c1C. The van der Waals surface area contributed by atoms with Gasteiger partial charge in [0, 0.05) is 18.4 Å². The average molecular weight is 373 g/mol. The molecule has 0 aliphatic carbocycles. The summed E-state index contributed by atoms with van der Waals surface area (Å²) in [6.45, 7) is 7.49. The van der Waals surface area contributed by atoms with Crippen molar-refractivity contribution in [3.63, 3.8) is 0 Å². The Hall–Kier alpha value is -2.36. The molecule has 1 rings (SSSR count). The second-order valence-electron chi connectivity index (χ2n) is 7.03. The zero-order chi connectivity index (χ0) is 20.4. The molecule has 0 aliphatic heterocycles. The van der Waals surface area contributed by atoms with E-state index < -0.39 is 0 Å². The minimum atomic E-state index is 0.0990. The van der Waals surface area contributed by atoms with Gasteiger partial charge in [-0.1, -0.05) is 23.3 Å². The van der Waals surface area contributed by atoms with Gasteiger partial charge in [-0.15, -0.1) is 0 Å². The van der Waals surface area contributed by atoms with E-state index in [0.29, 0.717) is 19.3 Å². The lowest BCUT2D eigenvalue weighted by Crippen LogP contribution is -1.99. The van der Waals surface area contributed by atoms with E-state index in [1.807, 2.05) is 32.9 Å². The first-order valence-electron chi connectivity index (χ1n) is 9.34. The van der Waals surface area contributed by atoms with Crippen molar-refractivity contribution < 1.29 is 19.1 Å². The largest absolute Gasteiger partial charge is 0.496 e. The summed E-state index contributed by atoms with van der Waals surface area (Å²) in [5, 5.41) is 0. The fourth-order valence-corrected chi connectivity index (χ4v) is 3.04. The average Bonchev–Trinajstić information content (AvgIpc) is 2.59. The van der Waals surface area contributed by atoms with Crippen molar-refractivity contribution >= 4 is 11.6 Å². The van der Waals surface area contributed by atoms with Gasteiger partial charge in [0.05, 0.1) is 14.2 Å². The number of carbonyl (C=O) groups is 2. The minimum Gasteiger partial charge on any atom is -0.496 e. The zero-order valence-electron chi connectivity index (χ0n) is 17.5. The van der Waals surface area contributed by atoms with Gasteiger partial charge in [0.25, 0.3) is 0 Å². The lowest BCUT2D eigenvalue weighted by Gasteiger charge is -2.13.